The molecule has 64 valence electrons. The molecule has 1 fully saturated rings. The molecule has 0 saturated carbocycles. The zero-order valence-electron chi connectivity index (χ0n) is 7.17. The van der Waals surface area contributed by atoms with Gasteiger partial charge in [-0.05, 0) is 13.8 Å². The molecule has 0 radical (unpaired) electrons. The van der Waals surface area contributed by atoms with Gasteiger partial charge < -0.3 is 0 Å². The first-order chi connectivity index (χ1) is 5.18. The molecule has 0 aliphatic carbocycles. The maximum Gasteiger partial charge on any atom is 0.135 e. The first-order valence-electron chi connectivity index (χ1n) is 4.12. The highest BCUT2D eigenvalue weighted by molar-refractivity contribution is 5.79. The van der Waals surface area contributed by atoms with E-state index in [0.29, 0.717) is 18.6 Å². The van der Waals surface area contributed by atoms with E-state index < -0.39 is 0 Å². The fourth-order valence-corrected chi connectivity index (χ4v) is 1.14. The van der Waals surface area contributed by atoms with Crippen LogP contribution >= 0.6 is 0 Å². The van der Waals surface area contributed by atoms with Crippen LogP contribution in [0.2, 0.25) is 0 Å². The maximum absolute atomic E-state index is 10.8. The molecule has 1 aliphatic heterocycles. The summed E-state index contributed by atoms with van der Waals surface area (Å²) in [6, 6.07) is 0. The van der Waals surface area contributed by atoms with Crippen LogP contribution in [0.25, 0.3) is 0 Å². The molecule has 0 unspecified atom stereocenters. The van der Waals surface area contributed by atoms with Gasteiger partial charge in [0.15, 0.2) is 0 Å². The minimum Gasteiger partial charge on any atom is -0.300 e. The zero-order valence-corrected chi connectivity index (χ0v) is 7.17. The van der Waals surface area contributed by atoms with Gasteiger partial charge in [0.05, 0.1) is 6.10 Å². The highest BCUT2D eigenvalue weighted by Gasteiger charge is 2.16. The van der Waals surface area contributed by atoms with Crippen LogP contribution < -0.4 is 0 Å². The minimum atomic E-state index is 0.225. The monoisotopic (exact) mass is 157 g/mol. The number of Topliss-reactive ketones (excluding diaryl/α,β-unsaturated/α-hetero) is 1. The summed E-state index contributed by atoms with van der Waals surface area (Å²) in [7, 11) is 0. The Morgan fingerprint density at radius 2 is 1.91 bits per heavy atom. The summed E-state index contributed by atoms with van der Waals surface area (Å²) in [5.41, 5.74) is 0. The van der Waals surface area contributed by atoms with Crippen LogP contribution in [0.1, 0.15) is 26.7 Å². The highest BCUT2D eigenvalue weighted by Crippen LogP contribution is 2.07. The molecule has 1 rings (SSSR count). The minimum absolute atomic E-state index is 0.225. The Morgan fingerprint density at radius 1 is 1.36 bits per heavy atom. The summed E-state index contributed by atoms with van der Waals surface area (Å²) < 4.78 is 0. The topological polar surface area (TPSA) is 29.5 Å². The van der Waals surface area contributed by atoms with Gasteiger partial charge in [-0.25, -0.2) is 0 Å². The van der Waals surface area contributed by atoms with Gasteiger partial charge >= 0.3 is 0 Å². The third-order valence-corrected chi connectivity index (χ3v) is 1.64. The van der Waals surface area contributed by atoms with Gasteiger partial charge in [-0.15, -0.1) is 0 Å². The molecule has 0 amide bonds. The zero-order chi connectivity index (χ0) is 8.27. The third-order valence-electron chi connectivity index (χ3n) is 1.64. The first-order valence-corrected chi connectivity index (χ1v) is 4.12. The van der Waals surface area contributed by atoms with E-state index in [1.165, 1.54) is 0 Å². The average Bonchev–Trinajstić information content (AvgIpc) is 1.93. The maximum atomic E-state index is 10.8. The predicted octanol–water partition coefficient (Wildman–Crippen LogP) is 0.991. The van der Waals surface area contributed by atoms with E-state index >= 15 is 0 Å². The van der Waals surface area contributed by atoms with E-state index in [1.807, 2.05) is 18.9 Å². The predicted molar refractivity (Wildman–Crippen MR) is 42.0 cm³/mol. The largest absolute Gasteiger partial charge is 0.300 e. The standard InChI is InChI=1S/C8H15NO2/c1-7(2)11-9-5-3-8(10)4-6-9/h7H,3-6H2,1-2H3. The van der Waals surface area contributed by atoms with Crippen molar-refractivity contribution in [1.29, 1.82) is 0 Å². The van der Waals surface area contributed by atoms with Gasteiger partial charge in [-0.3, -0.25) is 9.63 Å². The van der Waals surface area contributed by atoms with E-state index in [1.54, 1.807) is 0 Å². The second-order valence-corrected chi connectivity index (χ2v) is 3.12. The number of hydrogen-bond acceptors (Lipinski definition) is 3. The third kappa shape index (κ3) is 2.99. The van der Waals surface area contributed by atoms with E-state index in [9.17, 15) is 4.79 Å². The quantitative estimate of drug-likeness (QED) is 0.598. The smallest absolute Gasteiger partial charge is 0.135 e. The molecule has 0 aromatic carbocycles. The average molecular weight is 157 g/mol. The fraction of sp³-hybridized carbons (Fsp3) is 0.875. The Labute approximate surface area is 67.3 Å². The van der Waals surface area contributed by atoms with Gasteiger partial charge in [0, 0.05) is 25.9 Å². The van der Waals surface area contributed by atoms with Crippen molar-refractivity contribution in [2.24, 2.45) is 0 Å². The van der Waals surface area contributed by atoms with Crippen LogP contribution in [-0.4, -0.2) is 30.0 Å². The number of carbonyl (C=O) groups excluding carboxylic acids is 1. The molecule has 1 heterocycles. The van der Waals surface area contributed by atoms with Crippen LogP contribution in [0, 0.1) is 0 Å². The molecular weight excluding hydrogens is 142 g/mol. The Kier molecular flexibility index (Phi) is 3.02. The van der Waals surface area contributed by atoms with Crippen LogP contribution in [0.15, 0.2) is 0 Å². The number of hydrogen-bond donors (Lipinski definition) is 0. The summed E-state index contributed by atoms with van der Waals surface area (Å²) in [4.78, 5) is 16.2. The van der Waals surface area contributed by atoms with E-state index in [4.69, 9.17) is 4.84 Å². The first kappa shape index (κ1) is 8.68. The van der Waals surface area contributed by atoms with Crippen molar-refractivity contribution in [2.75, 3.05) is 13.1 Å². The van der Waals surface area contributed by atoms with Gasteiger partial charge in [-0.1, -0.05) is 0 Å². The van der Waals surface area contributed by atoms with Crippen molar-refractivity contribution < 1.29 is 9.63 Å². The van der Waals surface area contributed by atoms with Crippen LogP contribution in [0.3, 0.4) is 0 Å². The van der Waals surface area contributed by atoms with Crippen LogP contribution in [-0.2, 0) is 9.63 Å². The second kappa shape index (κ2) is 3.83. The lowest BCUT2D eigenvalue weighted by Crippen LogP contribution is -2.35. The molecule has 0 atom stereocenters. The Balaban J connectivity index is 2.22. The molecule has 11 heavy (non-hydrogen) atoms. The number of hydroxylamine groups is 2. The van der Waals surface area contributed by atoms with Crippen molar-refractivity contribution in [3.05, 3.63) is 0 Å². The van der Waals surface area contributed by atoms with Crippen molar-refractivity contribution >= 4 is 5.78 Å². The van der Waals surface area contributed by atoms with Crippen molar-refractivity contribution in [2.45, 2.75) is 32.8 Å². The number of nitrogens with zero attached hydrogens (tertiary/aromatic N) is 1. The van der Waals surface area contributed by atoms with Crippen molar-refractivity contribution in [1.82, 2.24) is 5.06 Å². The van der Waals surface area contributed by atoms with Gasteiger partial charge in [0.2, 0.25) is 0 Å². The SMILES string of the molecule is CC(C)ON1CCC(=O)CC1. The lowest BCUT2D eigenvalue weighted by molar-refractivity contribution is -0.195. The van der Waals surface area contributed by atoms with Gasteiger partial charge in [0.25, 0.3) is 0 Å². The van der Waals surface area contributed by atoms with Crippen molar-refractivity contribution in [3.63, 3.8) is 0 Å². The Bertz CT molecular complexity index is 135. The van der Waals surface area contributed by atoms with E-state index in [2.05, 4.69) is 0 Å². The highest BCUT2D eigenvalue weighted by atomic mass is 16.7. The van der Waals surface area contributed by atoms with Gasteiger partial charge in [0.1, 0.15) is 5.78 Å². The number of carbonyl (C=O) groups is 1. The van der Waals surface area contributed by atoms with Gasteiger partial charge in [-0.2, -0.15) is 5.06 Å². The molecule has 0 bridgehead atoms. The molecule has 0 aromatic heterocycles. The number of ketones is 1. The molecule has 3 heteroatoms. The van der Waals surface area contributed by atoms with Crippen molar-refractivity contribution in [3.8, 4) is 0 Å². The molecule has 0 N–H and O–H groups in total. The van der Waals surface area contributed by atoms with Crippen LogP contribution in [0.4, 0.5) is 0 Å². The second-order valence-electron chi connectivity index (χ2n) is 3.12. The molecule has 1 saturated heterocycles. The summed E-state index contributed by atoms with van der Waals surface area (Å²) in [5.74, 6) is 0.355. The van der Waals surface area contributed by atoms with E-state index in [-0.39, 0.29) is 6.10 Å². The van der Waals surface area contributed by atoms with Crippen LogP contribution in [0.5, 0.6) is 0 Å². The summed E-state index contributed by atoms with van der Waals surface area (Å²) >= 11 is 0. The normalized spacial score (nSPS) is 21.2. The van der Waals surface area contributed by atoms with E-state index in [0.717, 1.165) is 13.1 Å². The lowest BCUT2D eigenvalue weighted by Gasteiger charge is -2.26. The number of rotatable bonds is 2. The fourth-order valence-electron chi connectivity index (χ4n) is 1.14. The number of piperidine rings is 1. The molecular formula is C8H15NO2. The Hall–Kier alpha value is -0.410. The summed E-state index contributed by atoms with van der Waals surface area (Å²) in [6.07, 6.45) is 1.52. The molecule has 1 aliphatic rings. The Morgan fingerprint density at radius 3 is 2.36 bits per heavy atom. The summed E-state index contributed by atoms with van der Waals surface area (Å²) in [5, 5.41) is 1.88. The lowest BCUT2D eigenvalue weighted by atomic mass is 10.1. The molecule has 3 nitrogen and oxygen atoms in total. The molecule has 0 spiro atoms. The molecule has 0 aromatic rings. The summed E-state index contributed by atoms with van der Waals surface area (Å²) in [6.45, 7) is 5.51.